The van der Waals surface area contributed by atoms with Crippen LogP contribution in [-0.4, -0.2) is 35.8 Å². The molecule has 0 spiro atoms. The van der Waals surface area contributed by atoms with Gasteiger partial charge < -0.3 is 16.0 Å². The van der Waals surface area contributed by atoms with Gasteiger partial charge >= 0.3 is 0 Å². The van der Waals surface area contributed by atoms with E-state index in [1.54, 1.807) is 6.07 Å². The third kappa shape index (κ3) is 4.98. The van der Waals surface area contributed by atoms with E-state index in [4.69, 9.17) is 5.73 Å². The Hall–Kier alpha value is -1.59. The molecule has 6 heteroatoms. The zero-order chi connectivity index (χ0) is 17.8. The van der Waals surface area contributed by atoms with Gasteiger partial charge in [-0.1, -0.05) is 25.5 Å². The molecule has 1 aliphatic heterocycles. The monoisotopic (exact) mass is 379 g/mol. The van der Waals surface area contributed by atoms with Gasteiger partial charge in [-0.2, -0.15) is 0 Å². The molecule has 1 heterocycles. The Bertz CT molecular complexity index is 629. The maximum absolute atomic E-state index is 12.9. The fourth-order valence-corrected chi connectivity index (χ4v) is 3.92. The largest absolute Gasteiger partial charge is 0.339 e. The topological polar surface area (TPSA) is 75.4 Å². The Morgan fingerprint density at radius 1 is 1.15 bits per heavy atom. The molecule has 5 nitrogen and oxygen atoms in total. The summed E-state index contributed by atoms with van der Waals surface area (Å²) in [6.45, 7) is 3.81. The number of carbonyl (C=O) groups excluding carboxylic acids is 2. The average molecular weight is 380 g/mol. The van der Waals surface area contributed by atoms with Crippen molar-refractivity contribution in [2.45, 2.75) is 51.5 Å². The summed E-state index contributed by atoms with van der Waals surface area (Å²) in [6.07, 6.45) is 5.63. The molecule has 26 heavy (non-hydrogen) atoms. The Morgan fingerprint density at radius 3 is 2.50 bits per heavy atom. The zero-order valence-electron chi connectivity index (χ0n) is 15.4. The number of piperidine rings is 1. The van der Waals surface area contributed by atoms with Crippen LogP contribution in [0.4, 0.5) is 5.69 Å². The van der Waals surface area contributed by atoms with Gasteiger partial charge in [0.1, 0.15) is 0 Å². The minimum absolute atomic E-state index is 0. The third-order valence-electron chi connectivity index (χ3n) is 5.67. The number of hydrogen-bond donors (Lipinski definition) is 2. The number of halogens is 1. The van der Waals surface area contributed by atoms with Crippen LogP contribution in [0.25, 0.3) is 0 Å². The van der Waals surface area contributed by atoms with Gasteiger partial charge in [0.2, 0.25) is 5.91 Å². The smallest absolute Gasteiger partial charge is 0.255 e. The molecule has 1 saturated heterocycles. The van der Waals surface area contributed by atoms with Crippen molar-refractivity contribution in [3.8, 4) is 0 Å². The van der Waals surface area contributed by atoms with Crippen LogP contribution in [0.2, 0.25) is 0 Å². The second-order valence-corrected chi connectivity index (χ2v) is 7.63. The fraction of sp³-hybridized carbons (Fsp3) is 0.600. The van der Waals surface area contributed by atoms with Crippen LogP contribution in [0, 0.1) is 11.8 Å². The molecule has 0 unspecified atom stereocenters. The van der Waals surface area contributed by atoms with Crippen LogP contribution >= 0.6 is 12.4 Å². The summed E-state index contributed by atoms with van der Waals surface area (Å²) in [5.41, 5.74) is 7.26. The van der Waals surface area contributed by atoms with E-state index in [-0.39, 0.29) is 36.2 Å². The van der Waals surface area contributed by atoms with Gasteiger partial charge in [-0.05, 0) is 49.7 Å². The maximum Gasteiger partial charge on any atom is 0.255 e. The minimum atomic E-state index is -0.0464. The second kappa shape index (κ2) is 9.38. The van der Waals surface area contributed by atoms with Crippen LogP contribution in [0.5, 0.6) is 0 Å². The van der Waals surface area contributed by atoms with Crippen molar-refractivity contribution in [2.24, 2.45) is 17.6 Å². The highest BCUT2D eigenvalue weighted by Gasteiger charge is 2.27. The quantitative estimate of drug-likeness (QED) is 0.841. The molecule has 1 saturated carbocycles. The number of anilines is 1. The lowest BCUT2D eigenvalue weighted by molar-refractivity contribution is -0.117. The van der Waals surface area contributed by atoms with E-state index < -0.39 is 0 Å². The SMILES string of the molecule is CC1CCN(C(=O)c2ccccc2NC(=O)C[C@@H]2CCC[C@H]2N)CC1.Cl. The average Bonchev–Trinajstić information content (AvgIpc) is 3.00. The lowest BCUT2D eigenvalue weighted by atomic mass is 9.98. The van der Waals surface area contributed by atoms with Crippen molar-refractivity contribution in [3.05, 3.63) is 29.8 Å². The molecule has 2 aliphatic rings. The van der Waals surface area contributed by atoms with Crippen molar-refractivity contribution in [3.63, 3.8) is 0 Å². The molecule has 0 bridgehead atoms. The summed E-state index contributed by atoms with van der Waals surface area (Å²) in [5, 5.41) is 2.94. The second-order valence-electron chi connectivity index (χ2n) is 7.63. The molecular formula is C20H30ClN3O2. The zero-order valence-corrected chi connectivity index (χ0v) is 16.3. The highest BCUT2D eigenvalue weighted by atomic mass is 35.5. The number of carbonyl (C=O) groups is 2. The first-order valence-corrected chi connectivity index (χ1v) is 9.48. The van der Waals surface area contributed by atoms with E-state index in [2.05, 4.69) is 12.2 Å². The highest BCUT2D eigenvalue weighted by Crippen LogP contribution is 2.28. The van der Waals surface area contributed by atoms with E-state index in [0.717, 1.165) is 45.2 Å². The van der Waals surface area contributed by atoms with Crippen LogP contribution < -0.4 is 11.1 Å². The Balaban J connectivity index is 0.00000243. The van der Waals surface area contributed by atoms with E-state index >= 15 is 0 Å². The summed E-state index contributed by atoms with van der Waals surface area (Å²) in [5.74, 6) is 0.899. The van der Waals surface area contributed by atoms with Crippen LogP contribution in [0.15, 0.2) is 24.3 Å². The molecule has 3 rings (SSSR count). The first-order chi connectivity index (χ1) is 12.0. The van der Waals surface area contributed by atoms with Gasteiger partial charge in [0.05, 0.1) is 11.3 Å². The predicted molar refractivity (Wildman–Crippen MR) is 107 cm³/mol. The number of hydrogen-bond acceptors (Lipinski definition) is 3. The lowest BCUT2D eigenvalue weighted by Crippen LogP contribution is -2.38. The van der Waals surface area contributed by atoms with Crippen LogP contribution in [0.3, 0.4) is 0 Å². The Morgan fingerprint density at radius 2 is 1.85 bits per heavy atom. The molecular weight excluding hydrogens is 350 g/mol. The molecule has 0 radical (unpaired) electrons. The number of nitrogens with two attached hydrogens (primary N) is 1. The molecule has 0 aromatic heterocycles. The van der Waals surface area contributed by atoms with E-state index in [0.29, 0.717) is 23.6 Å². The van der Waals surface area contributed by atoms with Gasteiger partial charge in [0, 0.05) is 25.6 Å². The summed E-state index contributed by atoms with van der Waals surface area (Å²) >= 11 is 0. The molecule has 2 amide bonds. The van der Waals surface area contributed by atoms with Gasteiger partial charge in [0.25, 0.3) is 5.91 Å². The molecule has 144 valence electrons. The molecule has 2 fully saturated rings. The van der Waals surface area contributed by atoms with Crippen molar-refractivity contribution in [2.75, 3.05) is 18.4 Å². The summed E-state index contributed by atoms with van der Waals surface area (Å²) < 4.78 is 0. The molecule has 1 aromatic rings. The predicted octanol–water partition coefficient (Wildman–Crippen LogP) is 3.44. The highest BCUT2D eigenvalue weighted by molar-refractivity contribution is 6.03. The Labute approximate surface area is 162 Å². The maximum atomic E-state index is 12.9. The van der Waals surface area contributed by atoms with E-state index in [1.165, 1.54) is 0 Å². The number of likely N-dealkylation sites (tertiary alicyclic amines) is 1. The molecule has 3 N–H and O–H groups in total. The van der Waals surface area contributed by atoms with Gasteiger partial charge in [-0.3, -0.25) is 9.59 Å². The molecule has 1 aromatic carbocycles. The number of nitrogens with one attached hydrogen (secondary N) is 1. The van der Waals surface area contributed by atoms with E-state index in [9.17, 15) is 9.59 Å². The summed E-state index contributed by atoms with van der Waals surface area (Å²) in [4.78, 5) is 27.2. The standard InChI is InChI=1S/C20H29N3O2.ClH/c1-14-9-11-23(12-10-14)20(25)16-6-2-3-8-18(16)22-19(24)13-15-5-4-7-17(15)21;/h2-3,6,8,14-15,17H,4-5,7,9-13,21H2,1H3,(H,22,24);1H/t15-,17+;/m0./s1. The third-order valence-corrected chi connectivity index (χ3v) is 5.67. The van der Waals surface area contributed by atoms with E-state index in [1.807, 2.05) is 23.1 Å². The summed E-state index contributed by atoms with van der Waals surface area (Å²) in [7, 11) is 0. The Kier molecular flexibility index (Phi) is 7.47. The van der Waals surface area contributed by atoms with Crippen molar-refractivity contribution < 1.29 is 9.59 Å². The van der Waals surface area contributed by atoms with Crippen LogP contribution in [-0.2, 0) is 4.79 Å². The number of amides is 2. The molecule has 1 aliphatic carbocycles. The summed E-state index contributed by atoms with van der Waals surface area (Å²) in [6, 6.07) is 7.44. The minimum Gasteiger partial charge on any atom is -0.339 e. The number of nitrogens with zero attached hydrogens (tertiary/aromatic N) is 1. The van der Waals surface area contributed by atoms with Gasteiger partial charge in [0.15, 0.2) is 0 Å². The normalized spacial score (nSPS) is 23.4. The number of benzene rings is 1. The number of rotatable bonds is 4. The van der Waals surface area contributed by atoms with Gasteiger partial charge in [-0.25, -0.2) is 0 Å². The van der Waals surface area contributed by atoms with Gasteiger partial charge in [-0.15, -0.1) is 12.4 Å². The molecule has 2 atom stereocenters. The van der Waals surface area contributed by atoms with Crippen molar-refractivity contribution in [1.29, 1.82) is 0 Å². The lowest BCUT2D eigenvalue weighted by Gasteiger charge is -2.30. The van der Waals surface area contributed by atoms with Crippen LogP contribution in [0.1, 0.15) is 55.8 Å². The fourth-order valence-electron chi connectivity index (χ4n) is 3.92. The van der Waals surface area contributed by atoms with Crippen molar-refractivity contribution in [1.82, 2.24) is 4.90 Å². The first-order valence-electron chi connectivity index (χ1n) is 9.48. The van der Waals surface area contributed by atoms with Crippen molar-refractivity contribution >= 4 is 29.9 Å². The number of para-hydroxylation sites is 1. The first kappa shape index (κ1) is 20.7.